The number of hydrogen-bond acceptors (Lipinski definition) is 4. The van der Waals surface area contributed by atoms with Crippen LogP contribution >= 0.6 is 0 Å². The van der Waals surface area contributed by atoms with Crippen molar-refractivity contribution in [1.29, 1.82) is 0 Å². The number of nitrogens with one attached hydrogen (secondary N) is 1. The van der Waals surface area contributed by atoms with Crippen LogP contribution in [0, 0.1) is 5.92 Å². The predicted octanol–water partition coefficient (Wildman–Crippen LogP) is -1.03. The predicted molar refractivity (Wildman–Crippen MR) is 52.2 cm³/mol. The summed E-state index contributed by atoms with van der Waals surface area (Å²) >= 11 is 0. The van der Waals surface area contributed by atoms with Crippen molar-refractivity contribution in [3.63, 3.8) is 0 Å². The molecule has 7 heteroatoms. The molecule has 0 aromatic carbocycles. The van der Waals surface area contributed by atoms with E-state index in [0.717, 1.165) is 0 Å². The van der Waals surface area contributed by atoms with Crippen LogP contribution in [0.1, 0.15) is 13.8 Å². The van der Waals surface area contributed by atoms with Crippen molar-refractivity contribution in [3.05, 3.63) is 0 Å². The van der Waals surface area contributed by atoms with Gasteiger partial charge in [-0.05, 0) is 5.92 Å². The topological polar surface area (TPSA) is 109 Å². The molecular weight excluding hydrogens is 208 g/mol. The fraction of sp³-hybridized carbons (Fsp3) is 0.857. The van der Waals surface area contributed by atoms with Gasteiger partial charge in [-0.3, -0.25) is 4.79 Å². The van der Waals surface area contributed by atoms with Crippen molar-refractivity contribution in [2.45, 2.75) is 19.9 Å². The average Bonchev–Trinajstić information content (AvgIpc) is 1.94. The maximum absolute atomic E-state index is 10.7. The second-order valence-electron chi connectivity index (χ2n) is 3.38. The first kappa shape index (κ1) is 13.3. The lowest BCUT2D eigenvalue weighted by Crippen LogP contribution is -2.43. The third-order valence-electron chi connectivity index (χ3n) is 1.68. The molecule has 0 heterocycles. The van der Waals surface area contributed by atoms with Gasteiger partial charge in [0.25, 0.3) is 0 Å². The molecule has 0 saturated carbocycles. The molecule has 0 bridgehead atoms. The van der Waals surface area contributed by atoms with Crippen LogP contribution < -0.4 is 10.5 Å². The number of nitrogens with two attached hydrogens (primary N) is 1. The molecular formula is C7H16N2O4S. The summed E-state index contributed by atoms with van der Waals surface area (Å²) in [5.41, 5.74) is 0. The summed E-state index contributed by atoms with van der Waals surface area (Å²) in [4.78, 5) is 10.7. The van der Waals surface area contributed by atoms with E-state index >= 15 is 0 Å². The second kappa shape index (κ2) is 5.28. The molecule has 4 N–H and O–H groups in total. The highest BCUT2D eigenvalue weighted by Crippen LogP contribution is 2.00. The molecule has 0 fully saturated rings. The van der Waals surface area contributed by atoms with Gasteiger partial charge in [-0.25, -0.2) is 13.6 Å². The molecule has 0 rings (SSSR count). The third-order valence-corrected chi connectivity index (χ3v) is 2.46. The maximum atomic E-state index is 10.7. The minimum Gasteiger partial charge on any atom is -0.480 e. The zero-order valence-corrected chi connectivity index (χ0v) is 9.04. The first-order chi connectivity index (χ1) is 6.24. The highest BCUT2D eigenvalue weighted by Gasteiger charge is 2.20. The van der Waals surface area contributed by atoms with Gasteiger partial charge in [0.15, 0.2) is 0 Å². The minimum atomic E-state index is -3.53. The molecule has 84 valence electrons. The monoisotopic (exact) mass is 224 g/mol. The van der Waals surface area contributed by atoms with Crippen molar-refractivity contribution in [1.82, 2.24) is 5.32 Å². The molecule has 0 aromatic rings. The first-order valence-corrected chi connectivity index (χ1v) is 5.92. The van der Waals surface area contributed by atoms with Crippen LogP contribution in [-0.4, -0.2) is 37.8 Å². The lowest BCUT2D eigenvalue weighted by atomic mass is 10.1. The lowest BCUT2D eigenvalue weighted by Gasteiger charge is -2.17. The second-order valence-corrected chi connectivity index (χ2v) is 5.12. The van der Waals surface area contributed by atoms with E-state index in [2.05, 4.69) is 5.32 Å². The van der Waals surface area contributed by atoms with Crippen molar-refractivity contribution in [2.24, 2.45) is 11.1 Å². The SMILES string of the molecule is CC(C)C(NCCS(N)(=O)=O)C(=O)O. The Hall–Kier alpha value is -0.660. The van der Waals surface area contributed by atoms with Crippen LogP contribution in [-0.2, 0) is 14.8 Å². The number of sulfonamides is 1. The summed E-state index contributed by atoms with van der Waals surface area (Å²) in [5, 5.41) is 16.1. The fourth-order valence-corrected chi connectivity index (χ4v) is 1.37. The highest BCUT2D eigenvalue weighted by molar-refractivity contribution is 7.89. The van der Waals surface area contributed by atoms with Crippen molar-refractivity contribution >= 4 is 16.0 Å². The number of carboxylic acids is 1. The van der Waals surface area contributed by atoms with Gasteiger partial charge in [-0.15, -0.1) is 0 Å². The molecule has 1 atom stereocenters. The average molecular weight is 224 g/mol. The molecule has 14 heavy (non-hydrogen) atoms. The largest absolute Gasteiger partial charge is 0.480 e. The van der Waals surface area contributed by atoms with Crippen LogP contribution in [0.5, 0.6) is 0 Å². The molecule has 0 amide bonds. The van der Waals surface area contributed by atoms with Gasteiger partial charge in [0, 0.05) is 6.54 Å². The first-order valence-electron chi connectivity index (χ1n) is 4.20. The van der Waals surface area contributed by atoms with Crippen LogP contribution in [0.4, 0.5) is 0 Å². The zero-order valence-electron chi connectivity index (χ0n) is 8.23. The van der Waals surface area contributed by atoms with E-state index < -0.39 is 22.0 Å². The quantitative estimate of drug-likeness (QED) is 0.534. The third kappa shape index (κ3) is 5.90. The van der Waals surface area contributed by atoms with Crippen LogP contribution in [0.25, 0.3) is 0 Å². The summed E-state index contributed by atoms with van der Waals surface area (Å²) in [6.45, 7) is 3.53. The Kier molecular flexibility index (Phi) is 5.03. The molecule has 0 spiro atoms. The number of hydrogen-bond donors (Lipinski definition) is 3. The van der Waals surface area contributed by atoms with Crippen LogP contribution in [0.2, 0.25) is 0 Å². The smallest absolute Gasteiger partial charge is 0.320 e. The Balaban J connectivity index is 4.03. The highest BCUT2D eigenvalue weighted by atomic mass is 32.2. The van der Waals surface area contributed by atoms with E-state index in [9.17, 15) is 13.2 Å². The van der Waals surface area contributed by atoms with Gasteiger partial charge < -0.3 is 10.4 Å². The normalized spacial score (nSPS) is 14.3. The zero-order chi connectivity index (χ0) is 11.4. The summed E-state index contributed by atoms with van der Waals surface area (Å²) in [6.07, 6.45) is 0. The van der Waals surface area contributed by atoms with E-state index in [-0.39, 0.29) is 18.2 Å². The fourth-order valence-electron chi connectivity index (χ4n) is 0.965. The van der Waals surface area contributed by atoms with E-state index in [0.29, 0.717) is 0 Å². The van der Waals surface area contributed by atoms with Gasteiger partial charge in [-0.2, -0.15) is 0 Å². The number of rotatable bonds is 6. The molecule has 6 nitrogen and oxygen atoms in total. The number of aliphatic carboxylic acids is 1. The molecule has 0 aromatic heterocycles. The summed E-state index contributed by atoms with van der Waals surface area (Å²) in [6, 6.07) is -0.739. The Bertz CT molecular complexity index is 286. The minimum absolute atomic E-state index is 0.0496. The van der Waals surface area contributed by atoms with Gasteiger partial charge in [-0.1, -0.05) is 13.8 Å². The molecule has 0 aliphatic carbocycles. The van der Waals surface area contributed by atoms with Crippen LogP contribution in [0.15, 0.2) is 0 Å². The van der Waals surface area contributed by atoms with E-state index in [1.54, 1.807) is 13.8 Å². The molecule has 0 radical (unpaired) electrons. The van der Waals surface area contributed by atoms with Gasteiger partial charge in [0.05, 0.1) is 5.75 Å². The Morgan fingerprint density at radius 3 is 2.29 bits per heavy atom. The summed E-state index contributed by atoms with van der Waals surface area (Å²) in [7, 11) is -3.53. The van der Waals surface area contributed by atoms with Crippen molar-refractivity contribution < 1.29 is 18.3 Å². The van der Waals surface area contributed by atoms with Gasteiger partial charge in [0.2, 0.25) is 10.0 Å². The van der Waals surface area contributed by atoms with E-state index in [1.165, 1.54) is 0 Å². The summed E-state index contributed by atoms with van der Waals surface area (Å²) < 4.78 is 21.1. The molecule has 1 unspecified atom stereocenters. The van der Waals surface area contributed by atoms with Gasteiger partial charge in [0.1, 0.15) is 6.04 Å². The number of primary sulfonamides is 1. The Morgan fingerprint density at radius 2 is 2.00 bits per heavy atom. The number of carboxylic acid groups (broad SMARTS) is 1. The van der Waals surface area contributed by atoms with Crippen LogP contribution in [0.3, 0.4) is 0 Å². The molecule has 0 saturated heterocycles. The van der Waals surface area contributed by atoms with E-state index in [1.807, 2.05) is 0 Å². The Morgan fingerprint density at radius 1 is 1.50 bits per heavy atom. The van der Waals surface area contributed by atoms with Gasteiger partial charge >= 0.3 is 5.97 Å². The number of carbonyl (C=O) groups is 1. The standard InChI is InChI=1S/C7H16N2O4S/c1-5(2)6(7(10)11)9-3-4-14(8,12)13/h5-6,9H,3-4H2,1-2H3,(H,10,11)(H2,8,12,13). The molecule has 0 aliphatic heterocycles. The maximum Gasteiger partial charge on any atom is 0.320 e. The molecule has 0 aliphatic rings. The lowest BCUT2D eigenvalue weighted by molar-refractivity contribution is -0.140. The van der Waals surface area contributed by atoms with E-state index in [4.69, 9.17) is 10.2 Å². The summed E-state index contributed by atoms with van der Waals surface area (Å²) in [5.74, 6) is -1.36. The van der Waals surface area contributed by atoms with Crippen molar-refractivity contribution in [3.8, 4) is 0 Å². The van der Waals surface area contributed by atoms with Crippen molar-refractivity contribution in [2.75, 3.05) is 12.3 Å². The Labute approximate surface area is 83.5 Å².